The number of nitrogens with zero attached hydrogens (tertiary/aromatic N) is 1. The zero-order valence-corrected chi connectivity index (χ0v) is 12.1. The zero-order chi connectivity index (χ0) is 14.4. The summed E-state index contributed by atoms with van der Waals surface area (Å²) in [4.78, 5) is 14.3. The van der Waals surface area contributed by atoms with E-state index in [1.54, 1.807) is 18.2 Å². The lowest BCUT2D eigenvalue weighted by molar-refractivity contribution is -0.120. The summed E-state index contributed by atoms with van der Waals surface area (Å²) in [7, 11) is 0. The highest BCUT2D eigenvalue weighted by molar-refractivity contribution is 5.78. The molecule has 1 aromatic carbocycles. The predicted octanol–water partition coefficient (Wildman–Crippen LogP) is 2.36. The van der Waals surface area contributed by atoms with Crippen LogP contribution in [0.5, 0.6) is 0 Å². The summed E-state index contributed by atoms with van der Waals surface area (Å²) >= 11 is 0. The molecule has 3 nitrogen and oxygen atoms in total. The van der Waals surface area contributed by atoms with Gasteiger partial charge < -0.3 is 5.32 Å². The molecule has 0 radical (unpaired) electrons. The maximum atomic E-state index is 13.5. The lowest BCUT2D eigenvalue weighted by atomic mass is 10.1. The maximum Gasteiger partial charge on any atom is 0.224 e. The van der Waals surface area contributed by atoms with Crippen molar-refractivity contribution in [2.45, 2.75) is 38.6 Å². The van der Waals surface area contributed by atoms with Gasteiger partial charge in [0.25, 0.3) is 0 Å². The Bertz CT molecular complexity index is 444. The van der Waals surface area contributed by atoms with Gasteiger partial charge in [0.15, 0.2) is 0 Å². The van der Waals surface area contributed by atoms with Gasteiger partial charge >= 0.3 is 0 Å². The fourth-order valence-electron chi connectivity index (χ4n) is 2.75. The molecule has 0 spiro atoms. The molecule has 0 aliphatic carbocycles. The largest absolute Gasteiger partial charge is 0.354 e. The van der Waals surface area contributed by atoms with Gasteiger partial charge in [-0.2, -0.15) is 0 Å². The van der Waals surface area contributed by atoms with Gasteiger partial charge in [-0.1, -0.05) is 25.1 Å². The normalized spacial score (nSPS) is 17.1. The monoisotopic (exact) mass is 278 g/mol. The molecule has 0 bridgehead atoms. The van der Waals surface area contributed by atoms with Crippen molar-refractivity contribution in [3.63, 3.8) is 0 Å². The highest BCUT2D eigenvalue weighted by atomic mass is 19.1. The summed E-state index contributed by atoms with van der Waals surface area (Å²) in [6.45, 7) is 5.05. The number of carbonyl (C=O) groups is 1. The van der Waals surface area contributed by atoms with E-state index in [4.69, 9.17) is 0 Å². The number of benzene rings is 1. The highest BCUT2D eigenvalue weighted by Crippen LogP contribution is 2.13. The number of likely N-dealkylation sites (tertiary alicyclic amines) is 1. The van der Waals surface area contributed by atoms with Gasteiger partial charge in [-0.25, -0.2) is 4.39 Å². The Morgan fingerprint density at radius 1 is 1.35 bits per heavy atom. The van der Waals surface area contributed by atoms with Crippen molar-refractivity contribution >= 4 is 5.91 Å². The van der Waals surface area contributed by atoms with Crippen molar-refractivity contribution in [2.75, 3.05) is 19.6 Å². The van der Waals surface area contributed by atoms with E-state index in [0.717, 1.165) is 19.5 Å². The van der Waals surface area contributed by atoms with Crippen LogP contribution in [0.2, 0.25) is 0 Å². The summed E-state index contributed by atoms with van der Waals surface area (Å²) in [5, 5.41) is 2.94. The molecule has 110 valence electrons. The van der Waals surface area contributed by atoms with Crippen LogP contribution in [-0.4, -0.2) is 36.5 Å². The number of carbonyl (C=O) groups excluding carboxylic acids is 1. The first-order valence-corrected chi connectivity index (χ1v) is 7.45. The molecule has 1 aliphatic rings. The van der Waals surface area contributed by atoms with Crippen LogP contribution in [0.3, 0.4) is 0 Å². The van der Waals surface area contributed by atoms with Crippen LogP contribution in [0.15, 0.2) is 24.3 Å². The average molecular weight is 278 g/mol. The Labute approximate surface area is 120 Å². The second kappa shape index (κ2) is 7.39. The third-order valence-electron chi connectivity index (χ3n) is 3.97. The third kappa shape index (κ3) is 4.04. The molecule has 1 saturated heterocycles. The van der Waals surface area contributed by atoms with Crippen LogP contribution in [0, 0.1) is 5.82 Å². The van der Waals surface area contributed by atoms with E-state index in [9.17, 15) is 9.18 Å². The molecule has 1 atom stereocenters. The number of amides is 1. The summed E-state index contributed by atoms with van der Waals surface area (Å²) in [5.74, 6) is -0.415. The van der Waals surface area contributed by atoms with E-state index >= 15 is 0 Å². The fourth-order valence-corrected chi connectivity index (χ4v) is 2.75. The number of nitrogens with one attached hydrogen (secondary N) is 1. The number of rotatable bonds is 6. The van der Waals surface area contributed by atoms with Crippen molar-refractivity contribution in [1.82, 2.24) is 10.2 Å². The second-order valence-electron chi connectivity index (χ2n) is 5.38. The second-order valence-corrected chi connectivity index (χ2v) is 5.38. The molecule has 4 heteroatoms. The summed E-state index contributed by atoms with van der Waals surface area (Å²) in [6.07, 6.45) is 3.64. The molecule has 20 heavy (non-hydrogen) atoms. The van der Waals surface area contributed by atoms with Gasteiger partial charge in [-0.05, 0) is 44.0 Å². The average Bonchev–Trinajstić information content (AvgIpc) is 2.96. The topological polar surface area (TPSA) is 32.3 Å². The molecule has 0 unspecified atom stereocenters. The molecular weight excluding hydrogens is 255 g/mol. The summed E-state index contributed by atoms with van der Waals surface area (Å²) in [6, 6.07) is 6.85. The van der Waals surface area contributed by atoms with Crippen molar-refractivity contribution in [2.24, 2.45) is 0 Å². The summed E-state index contributed by atoms with van der Waals surface area (Å²) < 4.78 is 13.5. The Balaban J connectivity index is 1.80. The Morgan fingerprint density at radius 3 is 2.70 bits per heavy atom. The molecule has 1 fully saturated rings. The molecule has 2 rings (SSSR count). The first-order valence-electron chi connectivity index (χ1n) is 7.45. The fraction of sp³-hybridized carbons (Fsp3) is 0.562. The van der Waals surface area contributed by atoms with Crippen molar-refractivity contribution in [3.8, 4) is 0 Å². The van der Waals surface area contributed by atoms with Crippen LogP contribution < -0.4 is 5.32 Å². The minimum atomic E-state index is -0.311. The molecule has 1 aromatic rings. The van der Waals surface area contributed by atoms with Gasteiger partial charge in [0.05, 0.1) is 6.42 Å². The van der Waals surface area contributed by atoms with Crippen LogP contribution in [0.4, 0.5) is 4.39 Å². The van der Waals surface area contributed by atoms with Gasteiger partial charge in [0.1, 0.15) is 5.82 Å². The predicted molar refractivity (Wildman–Crippen MR) is 78.0 cm³/mol. The van der Waals surface area contributed by atoms with E-state index in [2.05, 4.69) is 17.1 Å². The Morgan fingerprint density at radius 2 is 2.05 bits per heavy atom. The van der Waals surface area contributed by atoms with E-state index in [-0.39, 0.29) is 18.1 Å². The van der Waals surface area contributed by atoms with E-state index in [1.165, 1.54) is 18.9 Å². The molecule has 1 heterocycles. The first-order chi connectivity index (χ1) is 9.70. The van der Waals surface area contributed by atoms with Crippen LogP contribution in [0.25, 0.3) is 0 Å². The quantitative estimate of drug-likeness (QED) is 0.866. The van der Waals surface area contributed by atoms with Gasteiger partial charge in [-0.15, -0.1) is 0 Å². The van der Waals surface area contributed by atoms with Crippen molar-refractivity contribution < 1.29 is 9.18 Å². The van der Waals surface area contributed by atoms with E-state index in [0.29, 0.717) is 18.2 Å². The van der Waals surface area contributed by atoms with Crippen LogP contribution in [0.1, 0.15) is 31.7 Å². The Hall–Kier alpha value is -1.42. The van der Waals surface area contributed by atoms with Gasteiger partial charge in [-0.3, -0.25) is 9.69 Å². The van der Waals surface area contributed by atoms with Crippen molar-refractivity contribution in [1.29, 1.82) is 0 Å². The third-order valence-corrected chi connectivity index (χ3v) is 3.97. The lowest BCUT2D eigenvalue weighted by Gasteiger charge is -2.26. The smallest absolute Gasteiger partial charge is 0.224 e. The molecular formula is C16H23FN2O. The SMILES string of the molecule is CC[C@@H](CNC(=O)Cc1ccccc1F)N1CCCC1. The molecule has 1 amide bonds. The van der Waals surface area contributed by atoms with Crippen LogP contribution >= 0.6 is 0 Å². The molecule has 1 aliphatic heterocycles. The highest BCUT2D eigenvalue weighted by Gasteiger charge is 2.20. The van der Waals surface area contributed by atoms with Crippen LogP contribution in [-0.2, 0) is 11.2 Å². The standard InChI is InChI=1S/C16H23FN2O/c1-2-14(19-9-5-6-10-19)12-18-16(20)11-13-7-3-4-8-15(13)17/h3-4,7-8,14H,2,5-6,9-12H2,1H3,(H,18,20)/t14-/m0/s1. The zero-order valence-electron chi connectivity index (χ0n) is 12.1. The van der Waals surface area contributed by atoms with Crippen molar-refractivity contribution in [3.05, 3.63) is 35.6 Å². The van der Waals surface area contributed by atoms with Gasteiger partial charge in [0.2, 0.25) is 5.91 Å². The van der Waals surface area contributed by atoms with Gasteiger partial charge in [0, 0.05) is 12.6 Å². The minimum absolute atomic E-state index is 0.104. The number of hydrogen-bond donors (Lipinski definition) is 1. The molecule has 0 saturated carbocycles. The minimum Gasteiger partial charge on any atom is -0.354 e. The lowest BCUT2D eigenvalue weighted by Crippen LogP contribution is -2.42. The summed E-state index contributed by atoms with van der Waals surface area (Å²) in [5.41, 5.74) is 0.458. The number of halogens is 1. The van der Waals surface area contributed by atoms with E-state index < -0.39 is 0 Å². The maximum absolute atomic E-state index is 13.5. The van der Waals surface area contributed by atoms with E-state index in [1.807, 2.05) is 0 Å². The Kier molecular flexibility index (Phi) is 5.53. The molecule has 1 N–H and O–H groups in total. The number of hydrogen-bond acceptors (Lipinski definition) is 2. The molecule has 0 aromatic heterocycles. The first kappa shape index (κ1) is 15.0.